The number of pyridine rings is 1. The van der Waals surface area contributed by atoms with Gasteiger partial charge in [0.25, 0.3) is 0 Å². The van der Waals surface area contributed by atoms with E-state index in [-0.39, 0.29) is 22.5 Å². The van der Waals surface area contributed by atoms with Gasteiger partial charge >= 0.3 is 0 Å². The first-order valence-electron chi connectivity index (χ1n) is 10.3. The Hall–Kier alpha value is -1.51. The number of nitrogens with zero attached hydrogens (tertiary/aromatic N) is 3. The Labute approximate surface area is 179 Å². The summed E-state index contributed by atoms with van der Waals surface area (Å²) in [5, 5.41) is 3.56. The Balaban J connectivity index is 1.76. The minimum atomic E-state index is -1.80. The van der Waals surface area contributed by atoms with Crippen LogP contribution in [0.25, 0.3) is 10.3 Å². The first-order chi connectivity index (χ1) is 13.3. The number of carbonyl (C=O) groups is 1. The SMILES string of the molecule is CC(=O)Nc1nc2ccc(N3CCC(O[Si](C)(C)C(C)(C)C)C(C)(C)C3)nc2s1. The Morgan fingerprint density at radius 2 is 2.00 bits per heavy atom. The van der Waals surface area contributed by atoms with Crippen LogP contribution in [0.5, 0.6) is 0 Å². The lowest BCUT2D eigenvalue weighted by atomic mass is 9.81. The fourth-order valence-electron chi connectivity index (χ4n) is 3.47. The summed E-state index contributed by atoms with van der Waals surface area (Å²) in [5.74, 6) is 0.851. The molecule has 1 aliphatic heterocycles. The van der Waals surface area contributed by atoms with Gasteiger partial charge in [-0.3, -0.25) is 4.79 Å². The van der Waals surface area contributed by atoms with Crippen LogP contribution in [0, 0.1) is 5.41 Å². The molecule has 0 saturated carbocycles. The van der Waals surface area contributed by atoms with Crippen LogP contribution in [-0.2, 0) is 9.22 Å². The highest BCUT2D eigenvalue weighted by molar-refractivity contribution is 7.22. The maximum Gasteiger partial charge on any atom is 0.223 e. The second kappa shape index (κ2) is 7.63. The average Bonchev–Trinajstić information content (AvgIpc) is 2.95. The second-order valence-electron chi connectivity index (χ2n) is 10.3. The Bertz CT molecular complexity index is 904. The molecule has 0 spiro atoms. The number of fused-ring (bicyclic) bond motifs is 1. The molecule has 1 fully saturated rings. The molecule has 29 heavy (non-hydrogen) atoms. The van der Waals surface area contributed by atoms with Crippen molar-refractivity contribution in [1.82, 2.24) is 9.97 Å². The highest BCUT2D eigenvalue weighted by atomic mass is 32.1. The van der Waals surface area contributed by atoms with Gasteiger partial charge < -0.3 is 14.6 Å². The van der Waals surface area contributed by atoms with Gasteiger partial charge in [-0.2, -0.15) is 0 Å². The summed E-state index contributed by atoms with van der Waals surface area (Å²) >= 11 is 1.41. The van der Waals surface area contributed by atoms with Crippen molar-refractivity contribution in [1.29, 1.82) is 0 Å². The third kappa shape index (κ3) is 4.81. The number of rotatable bonds is 4. The van der Waals surface area contributed by atoms with Crippen molar-refractivity contribution in [2.45, 2.75) is 72.2 Å². The standard InChI is InChI=1S/C21H34N4O2SSi/c1-14(26)22-19-23-15-9-10-17(24-18(15)28-19)25-12-11-16(21(5,6)13-25)27-29(7,8)20(2,3)4/h9-10,16H,11-13H2,1-8H3,(H,22,23,26). The lowest BCUT2D eigenvalue weighted by molar-refractivity contribution is -0.114. The summed E-state index contributed by atoms with van der Waals surface area (Å²) in [7, 11) is -1.80. The Morgan fingerprint density at radius 3 is 2.59 bits per heavy atom. The average molecular weight is 435 g/mol. The number of amides is 1. The summed E-state index contributed by atoms with van der Waals surface area (Å²) < 4.78 is 6.80. The van der Waals surface area contributed by atoms with Crippen LogP contribution >= 0.6 is 11.3 Å². The molecule has 1 amide bonds. The van der Waals surface area contributed by atoms with Crippen LogP contribution in [0.15, 0.2) is 12.1 Å². The number of aromatic nitrogens is 2. The Morgan fingerprint density at radius 1 is 1.31 bits per heavy atom. The van der Waals surface area contributed by atoms with Crippen LogP contribution in [0.1, 0.15) is 48.0 Å². The summed E-state index contributed by atoms with van der Waals surface area (Å²) in [6.45, 7) is 19.5. The van der Waals surface area contributed by atoms with Gasteiger partial charge in [0.1, 0.15) is 16.2 Å². The van der Waals surface area contributed by atoms with Crippen LogP contribution in [-0.4, -0.2) is 43.4 Å². The van der Waals surface area contributed by atoms with Crippen molar-refractivity contribution in [2.24, 2.45) is 5.41 Å². The molecule has 1 N–H and O–H groups in total. The second-order valence-corrected chi connectivity index (χ2v) is 16.0. The molecule has 160 valence electrons. The molecule has 6 nitrogen and oxygen atoms in total. The highest BCUT2D eigenvalue weighted by Crippen LogP contribution is 2.42. The van der Waals surface area contributed by atoms with Crippen LogP contribution in [0.3, 0.4) is 0 Å². The van der Waals surface area contributed by atoms with Crippen molar-refractivity contribution in [3.8, 4) is 0 Å². The minimum Gasteiger partial charge on any atom is -0.413 e. The Kier molecular flexibility index (Phi) is 5.84. The predicted molar refractivity (Wildman–Crippen MR) is 124 cm³/mol. The number of thiazole rings is 1. The van der Waals surface area contributed by atoms with Crippen molar-refractivity contribution >= 4 is 46.9 Å². The van der Waals surface area contributed by atoms with E-state index in [4.69, 9.17) is 9.41 Å². The monoisotopic (exact) mass is 434 g/mol. The van der Waals surface area contributed by atoms with E-state index in [1.165, 1.54) is 18.3 Å². The molecule has 2 aromatic rings. The summed E-state index contributed by atoms with van der Waals surface area (Å²) in [6.07, 6.45) is 1.26. The molecule has 8 heteroatoms. The zero-order valence-electron chi connectivity index (χ0n) is 18.9. The maximum absolute atomic E-state index is 11.3. The topological polar surface area (TPSA) is 67.4 Å². The fraction of sp³-hybridized carbons (Fsp3) is 0.667. The van der Waals surface area contributed by atoms with Gasteiger partial charge in [-0.05, 0) is 36.7 Å². The highest BCUT2D eigenvalue weighted by Gasteiger charge is 2.45. The van der Waals surface area contributed by atoms with E-state index < -0.39 is 8.32 Å². The molecule has 2 aromatic heterocycles. The van der Waals surface area contributed by atoms with Crippen molar-refractivity contribution < 1.29 is 9.22 Å². The van der Waals surface area contributed by atoms with Crippen molar-refractivity contribution in [2.75, 3.05) is 23.3 Å². The number of hydrogen-bond acceptors (Lipinski definition) is 6. The summed E-state index contributed by atoms with van der Waals surface area (Å²) in [5.41, 5.74) is 0.859. The quantitative estimate of drug-likeness (QED) is 0.663. The molecule has 1 unspecified atom stereocenters. The molecular weight excluding hydrogens is 400 g/mol. The molecule has 1 aliphatic rings. The van der Waals surface area contributed by atoms with Crippen molar-refractivity contribution in [3.05, 3.63) is 12.1 Å². The molecule has 1 atom stereocenters. The third-order valence-electron chi connectivity index (χ3n) is 6.22. The predicted octanol–water partition coefficient (Wildman–Crippen LogP) is 5.28. The van der Waals surface area contributed by atoms with Gasteiger partial charge in [-0.25, -0.2) is 9.97 Å². The number of piperidine rings is 1. The zero-order chi connectivity index (χ0) is 21.6. The molecule has 0 radical (unpaired) electrons. The van der Waals surface area contributed by atoms with Gasteiger partial charge in [0.05, 0.1) is 6.10 Å². The smallest absolute Gasteiger partial charge is 0.223 e. The van der Waals surface area contributed by atoms with E-state index in [0.717, 1.165) is 35.7 Å². The summed E-state index contributed by atoms with van der Waals surface area (Å²) in [4.78, 5) is 23.7. The lowest BCUT2D eigenvalue weighted by Crippen LogP contribution is -2.55. The molecule has 0 aliphatic carbocycles. The van der Waals surface area contributed by atoms with Gasteiger partial charge in [-0.1, -0.05) is 46.0 Å². The molecular formula is C21H34N4O2SSi. The van der Waals surface area contributed by atoms with Crippen LogP contribution in [0.2, 0.25) is 18.1 Å². The largest absolute Gasteiger partial charge is 0.413 e. The van der Waals surface area contributed by atoms with E-state index in [9.17, 15) is 4.79 Å². The number of anilines is 2. The minimum absolute atomic E-state index is 0.0411. The zero-order valence-corrected chi connectivity index (χ0v) is 20.7. The van der Waals surface area contributed by atoms with Gasteiger partial charge in [0.15, 0.2) is 13.4 Å². The van der Waals surface area contributed by atoms with E-state index in [1.807, 2.05) is 12.1 Å². The van der Waals surface area contributed by atoms with E-state index in [2.05, 4.69) is 62.9 Å². The normalized spacial score (nSPS) is 20.1. The van der Waals surface area contributed by atoms with E-state index >= 15 is 0 Å². The van der Waals surface area contributed by atoms with Gasteiger partial charge in [-0.15, -0.1) is 0 Å². The maximum atomic E-state index is 11.3. The molecule has 3 heterocycles. The van der Waals surface area contributed by atoms with Gasteiger partial charge in [0, 0.05) is 25.4 Å². The molecule has 3 rings (SSSR count). The van der Waals surface area contributed by atoms with Crippen molar-refractivity contribution in [3.63, 3.8) is 0 Å². The molecule has 0 bridgehead atoms. The number of carbonyl (C=O) groups excluding carboxylic acids is 1. The first-order valence-corrected chi connectivity index (χ1v) is 14.0. The number of hydrogen-bond donors (Lipinski definition) is 1. The third-order valence-corrected chi connectivity index (χ3v) is 11.6. The van der Waals surface area contributed by atoms with Crippen LogP contribution in [0.4, 0.5) is 10.9 Å². The van der Waals surface area contributed by atoms with Crippen LogP contribution < -0.4 is 10.2 Å². The molecule has 0 aromatic carbocycles. The number of nitrogens with one attached hydrogen (secondary N) is 1. The van der Waals surface area contributed by atoms with E-state index in [1.54, 1.807) is 0 Å². The lowest BCUT2D eigenvalue weighted by Gasteiger charge is -2.49. The molecule has 1 saturated heterocycles. The first kappa shape index (κ1) is 22.2. The van der Waals surface area contributed by atoms with E-state index in [0.29, 0.717) is 5.13 Å². The van der Waals surface area contributed by atoms with Gasteiger partial charge in [0.2, 0.25) is 5.91 Å². The summed E-state index contributed by atoms with van der Waals surface area (Å²) in [6, 6.07) is 4.02. The fourth-order valence-corrected chi connectivity index (χ4v) is 5.85.